The highest BCUT2D eigenvalue weighted by atomic mass is 16.5. The molecule has 0 saturated heterocycles. The summed E-state index contributed by atoms with van der Waals surface area (Å²) in [7, 11) is 2.53. The highest BCUT2D eigenvalue weighted by molar-refractivity contribution is 5.96. The van der Waals surface area contributed by atoms with Crippen LogP contribution in [0.3, 0.4) is 0 Å². The topological polar surface area (TPSA) is 109 Å². The number of hydrogen-bond acceptors (Lipinski definition) is 7. The number of carbonyl (C=O) groups excluding carboxylic acids is 2. The predicted octanol–water partition coefficient (Wildman–Crippen LogP) is 0.608. The average molecular weight is 304 g/mol. The van der Waals surface area contributed by atoms with E-state index in [0.717, 1.165) is 5.69 Å². The highest BCUT2D eigenvalue weighted by Crippen LogP contribution is 2.18. The van der Waals surface area contributed by atoms with E-state index in [9.17, 15) is 9.59 Å². The fraction of sp³-hybridized carbons (Fsp3) is 0.286. The second-order valence-electron chi connectivity index (χ2n) is 4.49. The molecule has 0 bridgehead atoms. The van der Waals surface area contributed by atoms with Crippen molar-refractivity contribution in [3.63, 3.8) is 0 Å². The Morgan fingerprint density at radius 3 is 2.09 bits per heavy atom. The van der Waals surface area contributed by atoms with E-state index in [4.69, 9.17) is 15.2 Å². The molecule has 0 saturated carbocycles. The molecule has 0 spiro atoms. The van der Waals surface area contributed by atoms with Crippen molar-refractivity contribution in [3.05, 3.63) is 40.7 Å². The van der Waals surface area contributed by atoms with Crippen LogP contribution in [-0.4, -0.2) is 41.2 Å². The van der Waals surface area contributed by atoms with E-state index >= 15 is 0 Å². The van der Waals surface area contributed by atoms with Crippen molar-refractivity contribution >= 4 is 11.9 Å². The first-order valence-electron chi connectivity index (χ1n) is 6.45. The molecule has 2 rings (SSSR count). The van der Waals surface area contributed by atoms with Gasteiger partial charge >= 0.3 is 11.9 Å². The SMILES string of the molecule is COC(=O)c1cc(C(=O)OC)cc(-n2nnc(CN)c2C)c1. The number of ether oxygens (including phenoxy) is 2. The van der Waals surface area contributed by atoms with Gasteiger partial charge < -0.3 is 15.2 Å². The Bertz CT molecular complexity index is 689. The van der Waals surface area contributed by atoms with Gasteiger partial charge in [-0.25, -0.2) is 14.3 Å². The summed E-state index contributed by atoms with van der Waals surface area (Å²) in [5.74, 6) is -1.13. The highest BCUT2D eigenvalue weighted by Gasteiger charge is 2.17. The van der Waals surface area contributed by atoms with E-state index in [1.54, 1.807) is 19.1 Å². The van der Waals surface area contributed by atoms with Crippen LogP contribution >= 0.6 is 0 Å². The second kappa shape index (κ2) is 6.35. The lowest BCUT2D eigenvalue weighted by Crippen LogP contribution is -2.10. The van der Waals surface area contributed by atoms with E-state index in [-0.39, 0.29) is 17.7 Å². The van der Waals surface area contributed by atoms with Gasteiger partial charge in [0.15, 0.2) is 0 Å². The zero-order chi connectivity index (χ0) is 16.3. The summed E-state index contributed by atoms with van der Waals surface area (Å²) in [5.41, 5.74) is 7.85. The third-order valence-electron chi connectivity index (χ3n) is 3.19. The molecule has 0 fully saturated rings. The van der Waals surface area contributed by atoms with Crippen LogP contribution in [0, 0.1) is 6.92 Å². The fourth-order valence-electron chi connectivity index (χ4n) is 2.00. The van der Waals surface area contributed by atoms with Crippen LogP contribution in [0.15, 0.2) is 18.2 Å². The smallest absolute Gasteiger partial charge is 0.337 e. The standard InChI is InChI=1S/C14H16N4O4/c1-8-12(7-15)16-17-18(8)11-5-9(13(19)21-2)4-10(6-11)14(20)22-3/h4-6H,7,15H2,1-3H3. The number of esters is 2. The maximum atomic E-state index is 11.8. The predicted molar refractivity (Wildman–Crippen MR) is 76.7 cm³/mol. The van der Waals surface area contributed by atoms with Gasteiger partial charge in [-0.05, 0) is 25.1 Å². The molecule has 1 aromatic carbocycles. The minimum Gasteiger partial charge on any atom is -0.465 e. The van der Waals surface area contributed by atoms with E-state index in [1.807, 2.05) is 0 Å². The van der Waals surface area contributed by atoms with Crippen LogP contribution < -0.4 is 5.73 Å². The second-order valence-corrected chi connectivity index (χ2v) is 4.49. The molecule has 8 nitrogen and oxygen atoms in total. The van der Waals surface area contributed by atoms with Gasteiger partial charge in [-0.3, -0.25) is 0 Å². The molecule has 8 heteroatoms. The quantitative estimate of drug-likeness (QED) is 0.824. The number of aromatic nitrogens is 3. The van der Waals surface area contributed by atoms with Gasteiger partial charge in [0.2, 0.25) is 0 Å². The third-order valence-corrected chi connectivity index (χ3v) is 3.19. The first-order chi connectivity index (χ1) is 10.5. The fourth-order valence-corrected chi connectivity index (χ4v) is 2.00. The van der Waals surface area contributed by atoms with Gasteiger partial charge in [-0.1, -0.05) is 5.21 Å². The number of nitrogens with two attached hydrogens (primary N) is 1. The minimum absolute atomic E-state index is 0.213. The normalized spacial score (nSPS) is 10.4. The van der Waals surface area contributed by atoms with Crippen LogP contribution in [0.25, 0.3) is 5.69 Å². The summed E-state index contributed by atoms with van der Waals surface area (Å²) < 4.78 is 10.9. The number of carbonyl (C=O) groups is 2. The van der Waals surface area contributed by atoms with E-state index in [1.165, 1.54) is 25.0 Å². The van der Waals surface area contributed by atoms with Crippen molar-refractivity contribution in [3.8, 4) is 5.69 Å². The summed E-state index contributed by atoms with van der Waals surface area (Å²) in [6, 6.07) is 4.51. The Balaban J connectivity index is 2.61. The lowest BCUT2D eigenvalue weighted by Gasteiger charge is -2.09. The van der Waals surface area contributed by atoms with Gasteiger partial charge in [0.05, 0.1) is 42.4 Å². The zero-order valence-electron chi connectivity index (χ0n) is 12.5. The van der Waals surface area contributed by atoms with E-state index in [0.29, 0.717) is 11.4 Å². The van der Waals surface area contributed by atoms with Crippen LogP contribution in [0.2, 0.25) is 0 Å². The largest absolute Gasteiger partial charge is 0.465 e. The Morgan fingerprint density at radius 2 is 1.68 bits per heavy atom. The monoisotopic (exact) mass is 304 g/mol. The Labute approximate surface area is 126 Å². The number of benzene rings is 1. The number of hydrogen-bond donors (Lipinski definition) is 1. The van der Waals surface area contributed by atoms with Gasteiger partial charge in [0.25, 0.3) is 0 Å². The third kappa shape index (κ3) is 2.82. The average Bonchev–Trinajstić information content (AvgIpc) is 2.93. The number of nitrogens with zero attached hydrogens (tertiary/aromatic N) is 3. The molecule has 0 radical (unpaired) electrons. The molecule has 1 aromatic heterocycles. The Kier molecular flexibility index (Phi) is 4.52. The van der Waals surface area contributed by atoms with Crippen molar-refractivity contribution in [1.82, 2.24) is 15.0 Å². The summed E-state index contributed by atoms with van der Waals surface area (Å²) in [6.07, 6.45) is 0. The van der Waals surface area contributed by atoms with Gasteiger partial charge in [-0.2, -0.15) is 0 Å². The molecule has 0 aliphatic heterocycles. The first kappa shape index (κ1) is 15.6. The van der Waals surface area contributed by atoms with Crippen LogP contribution in [0.4, 0.5) is 0 Å². The van der Waals surface area contributed by atoms with Crippen molar-refractivity contribution in [2.24, 2.45) is 5.73 Å². The molecule has 2 N–H and O–H groups in total. The molecule has 116 valence electrons. The maximum absolute atomic E-state index is 11.8. The number of rotatable bonds is 4. The summed E-state index contributed by atoms with van der Waals surface area (Å²) in [5, 5.41) is 7.95. The molecule has 0 aliphatic rings. The summed E-state index contributed by atoms with van der Waals surface area (Å²) in [4.78, 5) is 23.5. The van der Waals surface area contributed by atoms with Gasteiger partial charge in [0.1, 0.15) is 0 Å². The molecule has 22 heavy (non-hydrogen) atoms. The number of methoxy groups -OCH3 is 2. The van der Waals surface area contributed by atoms with Gasteiger partial charge in [-0.15, -0.1) is 5.10 Å². The summed E-state index contributed by atoms with van der Waals surface area (Å²) in [6.45, 7) is 2.04. The molecular weight excluding hydrogens is 288 g/mol. The van der Waals surface area contributed by atoms with Crippen LogP contribution in [-0.2, 0) is 16.0 Å². The zero-order valence-corrected chi connectivity index (χ0v) is 12.5. The van der Waals surface area contributed by atoms with Crippen LogP contribution in [0.1, 0.15) is 32.1 Å². The lowest BCUT2D eigenvalue weighted by atomic mass is 10.1. The minimum atomic E-state index is -0.566. The first-order valence-corrected chi connectivity index (χ1v) is 6.45. The Morgan fingerprint density at radius 1 is 1.14 bits per heavy atom. The molecule has 0 aliphatic carbocycles. The van der Waals surface area contributed by atoms with Crippen molar-refractivity contribution in [1.29, 1.82) is 0 Å². The van der Waals surface area contributed by atoms with Crippen LogP contribution in [0.5, 0.6) is 0 Å². The van der Waals surface area contributed by atoms with Crippen molar-refractivity contribution in [2.75, 3.05) is 14.2 Å². The lowest BCUT2D eigenvalue weighted by molar-refractivity contribution is 0.0599. The molecule has 2 aromatic rings. The molecule has 0 atom stereocenters. The van der Waals surface area contributed by atoms with Gasteiger partial charge in [0, 0.05) is 6.54 Å². The van der Waals surface area contributed by atoms with Crippen molar-refractivity contribution < 1.29 is 19.1 Å². The Hall–Kier alpha value is -2.74. The summed E-state index contributed by atoms with van der Waals surface area (Å²) >= 11 is 0. The van der Waals surface area contributed by atoms with Crippen molar-refractivity contribution in [2.45, 2.75) is 13.5 Å². The van der Waals surface area contributed by atoms with E-state index in [2.05, 4.69) is 10.3 Å². The molecule has 1 heterocycles. The molecular formula is C14H16N4O4. The maximum Gasteiger partial charge on any atom is 0.337 e. The molecule has 0 unspecified atom stereocenters. The molecule has 0 amide bonds. The van der Waals surface area contributed by atoms with E-state index < -0.39 is 11.9 Å².